The zero-order valence-electron chi connectivity index (χ0n) is 14.5. The molecular formula is C20H19N3O3. The molecule has 2 amide bonds. The molecule has 0 radical (unpaired) electrons. The van der Waals surface area contributed by atoms with Crippen LogP contribution in [-0.4, -0.2) is 26.5 Å². The molecule has 0 atom stereocenters. The number of hydrogen-bond donors (Lipinski definition) is 2. The molecular weight excluding hydrogens is 330 g/mol. The smallest absolute Gasteiger partial charge is 0.339 e. The summed E-state index contributed by atoms with van der Waals surface area (Å²) in [5, 5.41) is 8.67. The summed E-state index contributed by atoms with van der Waals surface area (Å²) in [6, 6.07) is 18.3. The number of rotatable bonds is 5. The van der Waals surface area contributed by atoms with Crippen LogP contribution >= 0.6 is 0 Å². The van der Waals surface area contributed by atoms with Crippen LogP contribution in [0.4, 0.5) is 10.5 Å². The molecule has 0 aromatic heterocycles. The van der Waals surface area contributed by atoms with Gasteiger partial charge in [0.05, 0.1) is 20.4 Å². The second-order valence-corrected chi connectivity index (χ2v) is 5.46. The van der Waals surface area contributed by atoms with Gasteiger partial charge in [-0.05, 0) is 41.1 Å². The van der Waals surface area contributed by atoms with Gasteiger partial charge in [0.15, 0.2) is 0 Å². The zero-order valence-corrected chi connectivity index (χ0v) is 14.5. The van der Waals surface area contributed by atoms with Crippen LogP contribution in [0.2, 0.25) is 0 Å². The summed E-state index contributed by atoms with van der Waals surface area (Å²) in [7, 11) is 3.21. The summed E-state index contributed by atoms with van der Waals surface area (Å²) in [6.45, 7) is 0. The standard InChI is InChI=1S/C20H19N3O3/c1-25-16-10-8-14-9-11-19(26-2)18(17(14)12-16)13-21-23-20(24)22-15-6-4-3-5-7-15/h3-13H,1-2H3,(H2,22,23,24)/b21-13+. The number of hydrogen-bond acceptors (Lipinski definition) is 4. The number of nitrogens with zero attached hydrogens (tertiary/aromatic N) is 1. The quantitative estimate of drug-likeness (QED) is 0.540. The lowest BCUT2D eigenvalue weighted by Crippen LogP contribution is -2.24. The van der Waals surface area contributed by atoms with Gasteiger partial charge in [-0.1, -0.05) is 30.3 Å². The first-order valence-electron chi connectivity index (χ1n) is 8.01. The fourth-order valence-corrected chi connectivity index (χ4v) is 2.58. The molecule has 0 spiro atoms. The van der Waals surface area contributed by atoms with E-state index in [9.17, 15) is 4.79 Å². The number of methoxy groups -OCH3 is 2. The third-order valence-corrected chi connectivity index (χ3v) is 3.84. The third-order valence-electron chi connectivity index (χ3n) is 3.84. The summed E-state index contributed by atoms with van der Waals surface area (Å²) in [4.78, 5) is 11.9. The lowest BCUT2D eigenvalue weighted by atomic mass is 10.0. The fraction of sp³-hybridized carbons (Fsp3) is 0.100. The van der Waals surface area contributed by atoms with Gasteiger partial charge in [-0.2, -0.15) is 5.10 Å². The van der Waals surface area contributed by atoms with Gasteiger partial charge in [0.2, 0.25) is 0 Å². The van der Waals surface area contributed by atoms with Crippen LogP contribution in [-0.2, 0) is 0 Å². The molecule has 0 fully saturated rings. The summed E-state index contributed by atoms with van der Waals surface area (Å²) in [5.74, 6) is 1.38. The average molecular weight is 349 g/mol. The molecule has 0 saturated heterocycles. The minimum Gasteiger partial charge on any atom is -0.497 e. The molecule has 0 unspecified atom stereocenters. The number of ether oxygens (including phenoxy) is 2. The Bertz CT molecular complexity index is 934. The number of hydrazone groups is 1. The highest BCUT2D eigenvalue weighted by Crippen LogP contribution is 2.29. The van der Waals surface area contributed by atoms with E-state index < -0.39 is 6.03 Å². The lowest BCUT2D eigenvalue weighted by Gasteiger charge is -2.10. The Hall–Kier alpha value is -3.54. The van der Waals surface area contributed by atoms with Crippen molar-refractivity contribution < 1.29 is 14.3 Å². The summed E-state index contributed by atoms with van der Waals surface area (Å²) in [5.41, 5.74) is 3.90. The number of nitrogens with one attached hydrogen (secondary N) is 2. The molecule has 0 heterocycles. The van der Waals surface area contributed by atoms with E-state index in [-0.39, 0.29) is 0 Å². The number of urea groups is 1. The van der Waals surface area contributed by atoms with Gasteiger partial charge in [0.25, 0.3) is 0 Å². The monoisotopic (exact) mass is 349 g/mol. The van der Waals surface area contributed by atoms with Gasteiger partial charge in [-0.15, -0.1) is 0 Å². The molecule has 3 rings (SSSR count). The molecule has 3 aromatic rings. The second-order valence-electron chi connectivity index (χ2n) is 5.46. The van der Waals surface area contributed by atoms with Gasteiger partial charge in [-0.3, -0.25) is 0 Å². The maximum Gasteiger partial charge on any atom is 0.339 e. The van der Waals surface area contributed by atoms with Crippen molar-refractivity contribution in [2.45, 2.75) is 0 Å². The van der Waals surface area contributed by atoms with Gasteiger partial charge in [0.1, 0.15) is 11.5 Å². The van der Waals surface area contributed by atoms with Gasteiger partial charge in [0, 0.05) is 11.3 Å². The molecule has 132 valence electrons. The number of carbonyl (C=O) groups is 1. The first kappa shape index (κ1) is 17.3. The summed E-state index contributed by atoms with van der Waals surface area (Å²) in [6.07, 6.45) is 1.56. The second kappa shape index (κ2) is 8.02. The van der Waals surface area contributed by atoms with Crippen LogP contribution < -0.4 is 20.2 Å². The van der Waals surface area contributed by atoms with Crippen molar-refractivity contribution in [2.24, 2.45) is 5.10 Å². The van der Waals surface area contributed by atoms with Gasteiger partial charge in [-0.25, -0.2) is 10.2 Å². The van der Waals surface area contributed by atoms with E-state index in [0.717, 1.165) is 22.1 Å². The topological polar surface area (TPSA) is 72.0 Å². The van der Waals surface area contributed by atoms with E-state index in [1.807, 2.05) is 48.5 Å². The molecule has 0 saturated carbocycles. The molecule has 26 heavy (non-hydrogen) atoms. The highest BCUT2D eigenvalue weighted by Gasteiger charge is 2.08. The van der Waals surface area contributed by atoms with Crippen LogP contribution in [0.1, 0.15) is 5.56 Å². The van der Waals surface area contributed by atoms with E-state index in [1.54, 1.807) is 32.6 Å². The predicted molar refractivity (Wildman–Crippen MR) is 103 cm³/mol. The zero-order chi connectivity index (χ0) is 18.4. The SMILES string of the molecule is COc1ccc2ccc(OC)c(/C=N/NC(=O)Nc3ccccc3)c2c1. The van der Waals surface area contributed by atoms with Crippen molar-refractivity contribution in [3.63, 3.8) is 0 Å². The van der Waals surface area contributed by atoms with Crippen LogP contribution in [0.15, 0.2) is 65.8 Å². The third kappa shape index (κ3) is 3.92. The number of anilines is 1. The predicted octanol–water partition coefficient (Wildman–Crippen LogP) is 4.01. The van der Waals surface area contributed by atoms with Crippen molar-refractivity contribution in [1.82, 2.24) is 5.43 Å². The van der Waals surface area contributed by atoms with Crippen molar-refractivity contribution in [3.8, 4) is 11.5 Å². The van der Waals surface area contributed by atoms with Crippen LogP contribution in [0.5, 0.6) is 11.5 Å². The van der Waals surface area contributed by atoms with E-state index in [1.165, 1.54) is 0 Å². The van der Waals surface area contributed by atoms with Crippen LogP contribution in [0.3, 0.4) is 0 Å². The Kier molecular flexibility index (Phi) is 5.34. The van der Waals surface area contributed by atoms with Crippen molar-refractivity contribution in [2.75, 3.05) is 19.5 Å². The molecule has 0 aliphatic carbocycles. The lowest BCUT2D eigenvalue weighted by molar-refractivity contribution is 0.252. The Morgan fingerprint density at radius 3 is 2.50 bits per heavy atom. The van der Waals surface area contributed by atoms with Crippen LogP contribution in [0.25, 0.3) is 10.8 Å². The number of amides is 2. The highest BCUT2D eigenvalue weighted by molar-refractivity contribution is 6.03. The Morgan fingerprint density at radius 2 is 1.77 bits per heavy atom. The van der Waals surface area contributed by atoms with E-state index in [0.29, 0.717) is 11.4 Å². The van der Waals surface area contributed by atoms with E-state index >= 15 is 0 Å². The first-order chi connectivity index (χ1) is 12.7. The van der Waals surface area contributed by atoms with E-state index in [2.05, 4.69) is 15.8 Å². The number of benzene rings is 3. The summed E-state index contributed by atoms with van der Waals surface area (Å²) < 4.78 is 10.7. The first-order valence-corrected chi connectivity index (χ1v) is 8.01. The fourth-order valence-electron chi connectivity index (χ4n) is 2.58. The number of carbonyl (C=O) groups excluding carboxylic acids is 1. The largest absolute Gasteiger partial charge is 0.497 e. The van der Waals surface area contributed by atoms with Crippen LogP contribution in [0, 0.1) is 0 Å². The normalized spacial score (nSPS) is 10.7. The molecule has 0 aliphatic rings. The Morgan fingerprint density at radius 1 is 1.00 bits per heavy atom. The highest BCUT2D eigenvalue weighted by atomic mass is 16.5. The maximum atomic E-state index is 11.9. The average Bonchev–Trinajstić information content (AvgIpc) is 2.68. The molecule has 2 N–H and O–H groups in total. The number of para-hydroxylation sites is 1. The Balaban J connectivity index is 1.82. The van der Waals surface area contributed by atoms with E-state index in [4.69, 9.17) is 9.47 Å². The van der Waals surface area contributed by atoms with Crippen molar-refractivity contribution in [3.05, 3.63) is 66.2 Å². The van der Waals surface area contributed by atoms with Crippen molar-refractivity contribution >= 4 is 28.7 Å². The molecule has 0 aliphatic heterocycles. The molecule has 6 heteroatoms. The Labute approximate surface area is 151 Å². The molecule has 3 aromatic carbocycles. The number of fused-ring (bicyclic) bond motifs is 1. The maximum absolute atomic E-state index is 11.9. The van der Waals surface area contributed by atoms with Gasteiger partial charge < -0.3 is 14.8 Å². The van der Waals surface area contributed by atoms with Crippen molar-refractivity contribution in [1.29, 1.82) is 0 Å². The molecule has 0 bridgehead atoms. The minimum absolute atomic E-state index is 0.427. The minimum atomic E-state index is -0.427. The summed E-state index contributed by atoms with van der Waals surface area (Å²) >= 11 is 0. The van der Waals surface area contributed by atoms with Gasteiger partial charge >= 0.3 is 6.03 Å². The molecule has 6 nitrogen and oxygen atoms in total.